The Morgan fingerprint density at radius 3 is 1.83 bits per heavy atom. The van der Waals surface area contributed by atoms with Crippen LogP contribution in [0.1, 0.15) is 23.1 Å². The van der Waals surface area contributed by atoms with E-state index >= 15 is 0 Å². The van der Waals surface area contributed by atoms with Crippen molar-refractivity contribution in [2.75, 3.05) is 35.0 Å². The fourth-order valence-corrected chi connectivity index (χ4v) is 4.25. The Morgan fingerprint density at radius 1 is 0.809 bits per heavy atom. The number of amidine groups is 1. The van der Waals surface area contributed by atoms with Crippen molar-refractivity contribution in [2.45, 2.75) is 37.9 Å². The minimum atomic E-state index is -5.08. The third-order valence-corrected chi connectivity index (χ3v) is 6.53. The van der Waals surface area contributed by atoms with Crippen molar-refractivity contribution in [1.29, 1.82) is 0 Å². The molecule has 254 valence electrons. The van der Waals surface area contributed by atoms with E-state index in [1.54, 1.807) is 46.6 Å². The summed E-state index contributed by atoms with van der Waals surface area (Å²) in [6, 6.07) is 19.7. The Hall–Kier alpha value is -5.27. The smallest absolute Gasteiger partial charge is 0.490 e. The summed E-state index contributed by atoms with van der Waals surface area (Å²) < 4.78 is 52.9. The molecule has 0 bridgehead atoms. The van der Waals surface area contributed by atoms with Gasteiger partial charge in [0.05, 0.1) is 34.9 Å². The number of nitrogens with one attached hydrogen (secondary N) is 1. The van der Waals surface area contributed by atoms with Gasteiger partial charge < -0.3 is 35.1 Å². The Labute approximate surface area is 270 Å². The number of amides is 1. The van der Waals surface area contributed by atoms with Crippen LogP contribution in [0.15, 0.2) is 71.7 Å². The SMILES string of the molecule is COc1ccc(CCNC(=O)C(Cc2ccccc2)N=C(N)CC(=O)Cc2ccc(OC)c(OC)c2)cc1OC.O=C(O)C(F)(F)F. The first-order valence-corrected chi connectivity index (χ1v) is 14.2. The lowest BCUT2D eigenvalue weighted by Gasteiger charge is -2.15. The van der Waals surface area contributed by atoms with Crippen molar-refractivity contribution in [1.82, 2.24) is 5.32 Å². The normalized spacial score (nSPS) is 11.8. The topological polar surface area (TPSA) is 159 Å². The number of rotatable bonds is 15. The monoisotopic (exact) mass is 661 g/mol. The standard InChI is InChI=1S/C31H37N3O6.C2HF3O2/c1-37-26-12-10-22(18-28(26)39-3)14-15-33-31(36)25(17-21-8-6-5-7-9-21)34-30(32)20-24(35)16-23-11-13-27(38-2)29(19-23)40-4;3-2(4,5)1(6)7/h5-13,18-19,25H,14-17,20H2,1-4H3,(H2,32,34)(H,33,36);(H,6,7). The lowest BCUT2D eigenvalue weighted by molar-refractivity contribution is -0.192. The number of hydrogen-bond acceptors (Lipinski definition) is 8. The van der Waals surface area contributed by atoms with E-state index in [2.05, 4.69) is 10.3 Å². The van der Waals surface area contributed by atoms with Crippen molar-refractivity contribution in [3.8, 4) is 23.0 Å². The van der Waals surface area contributed by atoms with Gasteiger partial charge in [-0.25, -0.2) is 4.79 Å². The number of aliphatic imine (C=N–C) groups is 1. The van der Waals surface area contributed by atoms with Crippen LogP contribution in [0, 0.1) is 0 Å². The number of alkyl halides is 3. The molecule has 1 unspecified atom stereocenters. The number of ether oxygens (including phenoxy) is 4. The van der Waals surface area contributed by atoms with E-state index in [-0.39, 0.29) is 30.4 Å². The first-order chi connectivity index (χ1) is 22.3. The largest absolute Gasteiger partial charge is 0.493 e. The number of carboxylic acid groups (broad SMARTS) is 1. The van der Waals surface area contributed by atoms with Crippen LogP contribution in [-0.2, 0) is 33.6 Å². The molecule has 3 aromatic carbocycles. The summed E-state index contributed by atoms with van der Waals surface area (Å²) in [5.74, 6) is -0.635. The Bertz CT molecular complexity index is 1510. The fraction of sp³-hybridized carbons (Fsp3) is 0.333. The molecule has 11 nitrogen and oxygen atoms in total. The maximum Gasteiger partial charge on any atom is 0.490 e. The number of carbonyl (C=O) groups excluding carboxylic acids is 2. The van der Waals surface area contributed by atoms with Gasteiger partial charge in [-0.2, -0.15) is 13.2 Å². The van der Waals surface area contributed by atoms with Crippen LogP contribution >= 0.6 is 0 Å². The van der Waals surface area contributed by atoms with E-state index in [1.807, 2.05) is 48.5 Å². The summed E-state index contributed by atoms with van der Waals surface area (Å²) in [4.78, 5) is 39.3. The predicted octanol–water partition coefficient (Wildman–Crippen LogP) is 4.18. The van der Waals surface area contributed by atoms with Crippen molar-refractivity contribution >= 4 is 23.5 Å². The Balaban J connectivity index is 0.000000984. The summed E-state index contributed by atoms with van der Waals surface area (Å²) in [6.07, 6.45) is -4.06. The van der Waals surface area contributed by atoms with Gasteiger partial charge in [0.1, 0.15) is 17.7 Å². The zero-order chi connectivity index (χ0) is 35.0. The lowest BCUT2D eigenvalue weighted by Crippen LogP contribution is -2.37. The van der Waals surface area contributed by atoms with Gasteiger partial charge in [-0.05, 0) is 47.4 Å². The first kappa shape index (κ1) is 37.9. The molecule has 4 N–H and O–H groups in total. The fourth-order valence-electron chi connectivity index (χ4n) is 4.25. The lowest BCUT2D eigenvalue weighted by atomic mass is 10.0. The van der Waals surface area contributed by atoms with Crippen molar-refractivity contribution < 1.29 is 51.6 Å². The summed E-state index contributed by atoms with van der Waals surface area (Å²) in [6.45, 7) is 0.396. The number of benzene rings is 3. The number of carbonyl (C=O) groups is 3. The first-order valence-electron chi connectivity index (χ1n) is 14.2. The number of methoxy groups -OCH3 is 4. The van der Waals surface area contributed by atoms with Crippen LogP contribution in [0.5, 0.6) is 23.0 Å². The minimum absolute atomic E-state index is 0.0709. The van der Waals surface area contributed by atoms with Crippen LogP contribution < -0.4 is 30.0 Å². The molecule has 1 amide bonds. The van der Waals surface area contributed by atoms with E-state index in [9.17, 15) is 22.8 Å². The van der Waals surface area contributed by atoms with E-state index < -0.39 is 18.2 Å². The number of carboxylic acids is 1. The van der Waals surface area contributed by atoms with E-state index in [0.717, 1.165) is 16.7 Å². The van der Waals surface area contributed by atoms with Crippen molar-refractivity contribution in [3.05, 3.63) is 83.4 Å². The maximum atomic E-state index is 13.2. The molecule has 0 aliphatic rings. The van der Waals surface area contributed by atoms with E-state index in [0.29, 0.717) is 42.4 Å². The van der Waals surface area contributed by atoms with Crippen LogP contribution in [-0.4, -0.2) is 75.8 Å². The molecule has 0 aromatic heterocycles. The third kappa shape index (κ3) is 12.9. The van der Waals surface area contributed by atoms with Gasteiger partial charge in [0.2, 0.25) is 5.91 Å². The van der Waals surface area contributed by atoms with Gasteiger partial charge in [0.25, 0.3) is 0 Å². The molecule has 0 heterocycles. The zero-order valence-corrected chi connectivity index (χ0v) is 26.4. The average Bonchev–Trinajstić information content (AvgIpc) is 3.04. The predicted molar refractivity (Wildman–Crippen MR) is 168 cm³/mol. The highest BCUT2D eigenvalue weighted by Crippen LogP contribution is 2.28. The molecule has 47 heavy (non-hydrogen) atoms. The van der Waals surface area contributed by atoms with Gasteiger partial charge in [-0.3, -0.25) is 14.6 Å². The summed E-state index contributed by atoms with van der Waals surface area (Å²) in [5, 5.41) is 10.1. The number of aliphatic carboxylic acids is 1. The zero-order valence-electron chi connectivity index (χ0n) is 26.4. The van der Waals surface area contributed by atoms with Crippen LogP contribution in [0.25, 0.3) is 0 Å². The van der Waals surface area contributed by atoms with Gasteiger partial charge in [0, 0.05) is 19.4 Å². The highest BCUT2D eigenvalue weighted by Gasteiger charge is 2.38. The number of ketones is 1. The van der Waals surface area contributed by atoms with Crippen molar-refractivity contribution in [2.24, 2.45) is 10.7 Å². The quantitative estimate of drug-likeness (QED) is 0.160. The molecule has 3 rings (SSSR count). The second-order valence-corrected chi connectivity index (χ2v) is 9.94. The summed E-state index contributed by atoms with van der Waals surface area (Å²) >= 11 is 0. The maximum absolute atomic E-state index is 13.2. The molecule has 14 heteroatoms. The van der Waals surface area contributed by atoms with E-state index in [1.165, 1.54) is 0 Å². The van der Waals surface area contributed by atoms with E-state index in [4.69, 9.17) is 34.6 Å². The molecule has 3 aromatic rings. The van der Waals surface area contributed by atoms with Gasteiger partial charge in [-0.15, -0.1) is 0 Å². The van der Waals surface area contributed by atoms with Gasteiger partial charge >= 0.3 is 12.1 Å². The number of nitrogens with two attached hydrogens (primary N) is 1. The second-order valence-electron chi connectivity index (χ2n) is 9.94. The molecule has 0 saturated heterocycles. The molecule has 1 atom stereocenters. The van der Waals surface area contributed by atoms with Gasteiger partial charge in [0.15, 0.2) is 23.0 Å². The highest BCUT2D eigenvalue weighted by molar-refractivity contribution is 6.01. The number of hydrogen-bond donors (Lipinski definition) is 3. The van der Waals surface area contributed by atoms with Gasteiger partial charge in [-0.1, -0.05) is 42.5 Å². The third-order valence-electron chi connectivity index (χ3n) is 6.53. The number of Topliss-reactive ketones (excluding diaryl/α,β-unsaturated/α-hetero) is 1. The minimum Gasteiger partial charge on any atom is -0.493 e. The Morgan fingerprint density at radius 2 is 1.32 bits per heavy atom. The molecule has 0 fully saturated rings. The molecular formula is C33H38F3N3O8. The molecule has 0 radical (unpaired) electrons. The Kier molecular flexibility index (Phi) is 15.0. The average molecular weight is 662 g/mol. The molecule has 0 saturated carbocycles. The second kappa shape index (κ2) is 18.6. The summed E-state index contributed by atoms with van der Waals surface area (Å²) in [5.41, 5.74) is 8.88. The summed E-state index contributed by atoms with van der Waals surface area (Å²) in [7, 11) is 6.26. The van der Waals surface area contributed by atoms with Crippen LogP contribution in [0.3, 0.4) is 0 Å². The molecular weight excluding hydrogens is 623 g/mol. The molecule has 0 aliphatic heterocycles. The molecule has 0 spiro atoms. The highest BCUT2D eigenvalue weighted by atomic mass is 19.4. The van der Waals surface area contributed by atoms with Crippen LogP contribution in [0.2, 0.25) is 0 Å². The molecule has 0 aliphatic carbocycles. The number of halogens is 3. The van der Waals surface area contributed by atoms with Crippen molar-refractivity contribution in [3.63, 3.8) is 0 Å². The van der Waals surface area contributed by atoms with Crippen LogP contribution in [0.4, 0.5) is 13.2 Å². The number of nitrogens with zero attached hydrogens (tertiary/aromatic N) is 1.